The molecule has 1 fully saturated rings. The minimum atomic E-state index is -1.00. The molecule has 0 aromatic heterocycles. The molecule has 0 unspecified atom stereocenters. The van der Waals surface area contributed by atoms with Crippen molar-refractivity contribution in [3.8, 4) is 5.75 Å². The van der Waals surface area contributed by atoms with Crippen molar-refractivity contribution in [2.45, 2.75) is 0 Å². The zero-order valence-corrected chi connectivity index (χ0v) is 16.9. The van der Waals surface area contributed by atoms with Crippen LogP contribution in [0.1, 0.15) is 15.9 Å². The highest BCUT2D eigenvalue weighted by molar-refractivity contribution is 9.10. The number of nitrogens with zero attached hydrogens (tertiary/aromatic N) is 1. The molecule has 0 bridgehead atoms. The fourth-order valence-electron chi connectivity index (χ4n) is 2.33. The summed E-state index contributed by atoms with van der Waals surface area (Å²) in [7, 11) is 0. The van der Waals surface area contributed by atoms with Crippen LogP contribution in [0.2, 0.25) is 0 Å². The van der Waals surface area contributed by atoms with Gasteiger partial charge in [-0.2, -0.15) is 0 Å². The maximum absolute atomic E-state index is 12.3. The van der Waals surface area contributed by atoms with Crippen LogP contribution in [0.5, 0.6) is 5.75 Å². The molecule has 142 valence electrons. The first-order valence-corrected chi connectivity index (χ1v) is 9.73. The molecule has 0 spiro atoms. The summed E-state index contributed by atoms with van der Waals surface area (Å²) in [5, 5.41) is 12.1. The van der Waals surface area contributed by atoms with E-state index >= 15 is 0 Å². The Bertz CT molecular complexity index is 1000. The van der Waals surface area contributed by atoms with Crippen molar-refractivity contribution in [1.82, 2.24) is 5.32 Å². The van der Waals surface area contributed by atoms with Gasteiger partial charge in [-0.1, -0.05) is 28.6 Å². The normalized spacial score (nSPS) is 16.2. The average molecular weight is 459 g/mol. The van der Waals surface area contributed by atoms with E-state index in [2.05, 4.69) is 32.8 Å². The number of carbonyl (C=O) groups excluding carboxylic acids is 1. The lowest BCUT2D eigenvalue weighted by Crippen LogP contribution is -2.19. The monoisotopic (exact) mass is 458 g/mol. The van der Waals surface area contributed by atoms with Crippen LogP contribution in [0.25, 0.3) is 6.08 Å². The number of carboxylic acids is 1. The van der Waals surface area contributed by atoms with Crippen LogP contribution in [0.4, 0.5) is 5.69 Å². The van der Waals surface area contributed by atoms with E-state index in [1.165, 1.54) is 23.9 Å². The van der Waals surface area contributed by atoms with E-state index in [1.807, 2.05) is 18.2 Å². The van der Waals surface area contributed by atoms with Crippen LogP contribution in [-0.4, -0.2) is 28.8 Å². The molecule has 3 rings (SSSR count). The second kappa shape index (κ2) is 8.90. The van der Waals surface area contributed by atoms with Gasteiger partial charge in [0.1, 0.15) is 12.4 Å². The Kier molecular flexibility index (Phi) is 6.33. The molecule has 1 aliphatic heterocycles. The molecule has 0 radical (unpaired) electrons. The molecule has 0 aliphatic carbocycles. The minimum absolute atomic E-state index is 0.175. The number of halogens is 1. The number of hydrogen-bond acceptors (Lipinski definition) is 5. The van der Waals surface area contributed by atoms with Crippen LogP contribution in [0, 0.1) is 0 Å². The average Bonchev–Trinajstić information content (AvgIpc) is 3.00. The van der Waals surface area contributed by atoms with Gasteiger partial charge in [-0.3, -0.25) is 4.79 Å². The molecule has 2 N–H and O–H groups in total. The van der Waals surface area contributed by atoms with E-state index in [4.69, 9.17) is 9.84 Å². The van der Waals surface area contributed by atoms with Crippen LogP contribution in [-0.2, 0) is 4.79 Å². The number of thioether (sulfide) groups is 1. The number of aliphatic imine (C=N–C) groups is 1. The molecule has 8 heteroatoms. The van der Waals surface area contributed by atoms with Gasteiger partial charge in [-0.25, -0.2) is 9.79 Å². The second-order valence-electron chi connectivity index (χ2n) is 5.62. The summed E-state index contributed by atoms with van der Waals surface area (Å²) in [6.07, 6.45) is 3.38. The lowest BCUT2D eigenvalue weighted by Gasteiger charge is -2.08. The van der Waals surface area contributed by atoms with Gasteiger partial charge in [0.2, 0.25) is 0 Å². The standard InChI is InChI=1S/C20H15BrN2O4S/c1-2-9-27-16-8-5-14(21)10-13(16)11-17-18(24)23-20(28-17)22-15-6-3-12(4-7-15)19(25)26/h2-8,10-11H,1,9H2,(H,25,26)(H,22,23,24)/b17-11+. The Morgan fingerprint density at radius 1 is 1.29 bits per heavy atom. The fourth-order valence-corrected chi connectivity index (χ4v) is 3.54. The minimum Gasteiger partial charge on any atom is -0.489 e. The maximum atomic E-state index is 12.3. The third-order valence-electron chi connectivity index (χ3n) is 3.61. The van der Waals surface area contributed by atoms with Crippen LogP contribution in [0.3, 0.4) is 0 Å². The molecule has 6 nitrogen and oxygen atoms in total. The third-order valence-corrected chi connectivity index (χ3v) is 5.01. The van der Waals surface area contributed by atoms with Crippen LogP contribution < -0.4 is 10.1 Å². The summed E-state index contributed by atoms with van der Waals surface area (Å²) < 4.78 is 6.50. The van der Waals surface area contributed by atoms with Crippen LogP contribution in [0.15, 0.2) is 69.5 Å². The van der Waals surface area contributed by atoms with Crippen molar-refractivity contribution in [2.24, 2.45) is 4.99 Å². The molecule has 2 aromatic carbocycles. The molecule has 1 heterocycles. The summed E-state index contributed by atoms with van der Waals surface area (Å²) >= 11 is 4.62. The first-order valence-electron chi connectivity index (χ1n) is 8.12. The molecular weight excluding hydrogens is 444 g/mol. The third kappa shape index (κ3) is 4.90. The zero-order valence-electron chi connectivity index (χ0n) is 14.5. The Balaban J connectivity index is 1.83. The molecule has 0 saturated carbocycles. The maximum Gasteiger partial charge on any atom is 0.335 e. The number of benzene rings is 2. The van der Waals surface area contributed by atoms with E-state index < -0.39 is 5.97 Å². The summed E-state index contributed by atoms with van der Waals surface area (Å²) in [6.45, 7) is 3.99. The second-order valence-corrected chi connectivity index (χ2v) is 7.56. The predicted molar refractivity (Wildman–Crippen MR) is 114 cm³/mol. The SMILES string of the molecule is C=CCOc1ccc(Br)cc1/C=C1/SC(=Nc2ccc(C(=O)O)cc2)NC1=O. The van der Waals surface area contributed by atoms with E-state index in [0.29, 0.717) is 28.1 Å². The molecular formula is C20H15BrN2O4S. The van der Waals surface area contributed by atoms with Gasteiger partial charge in [-0.15, -0.1) is 0 Å². The number of rotatable bonds is 6. The predicted octanol–water partition coefficient (Wildman–Crippen LogP) is 4.60. The van der Waals surface area contributed by atoms with Gasteiger partial charge >= 0.3 is 5.97 Å². The molecule has 1 aliphatic rings. The number of carboxylic acid groups (broad SMARTS) is 1. The summed E-state index contributed by atoms with van der Waals surface area (Å²) in [5.41, 5.74) is 1.47. The molecule has 1 saturated heterocycles. The number of aromatic carboxylic acids is 1. The smallest absolute Gasteiger partial charge is 0.335 e. The topological polar surface area (TPSA) is 88.0 Å². The quantitative estimate of drug-likeness (QED) is 0.487. The number of nitrogens with one attached hydrogen (secondary N) is 1. The Labute approximate surface area is 174 Å². The number of amides is 1. The van der Waals surface area contributed by atoms with Crippen molar-refractivity contribution in [1.29, 1.82) is 0 Å². The van der Waals surface area contributed by atoms with Gasteiger partial charge in [0.15, 0.2) is 5.17 Å². The van der Waals surface area contributed by atoms with Crippen molar-refractivity contribution < 1.29 is 19.4 Å². The first-order chi connectivity index (χ1) is 13.5. The van der Waals surface area contributed by atoms with Gasteiger partial charge < -0.3 is 15.2 Å². The Morgan fingerprint density at radius 3 is 2.71 bits per heavy atom. The van der Waals surface area contributed by atoms with E-state index in [9.17, 15) is 9.59 Å². The number of ether oxygens (including phenoxy) is 1. The fraction of sp³-hybridized carbons (Fsp3) is 0.0500. The number of hydrogen-bond donors (Lipinski definition) is 2. The summed E-state index contributed by atoms with van der Waals surface area (Å²) in [6, 6.07) is 11.6. The zero-order chi connectivity index (χ0) is 20.1. The van der Waals surface area contributed by atoms with Gasteiger partial charge in [0.05, 0.1) is 16.2 Å². The highest BCUT2D eigenvalue weighted by Crippen LogP contribution is 2.32. The van der Waals surface area contributed by atoms with E-state index in [1.54, 1.807) is 24.3 Å². The van der Waals surface area contributed by atoms with Gasteiger partial charge in [-0.05, 0) is 60.3 Å². The van der Waals surface area contributed by atoms with Crippen molar-refractivity contribution in [2.75, 3.05) is 6.61 Å². The van der Waals surface area contributed by atoms with Crippen LogP contribution >= 0.6 is 27.7 Å². The van der Waals surface area contributed by atoms with Gasteiger partial charge in [0, 0.05) is 10.0 Å². The highest BCUT2D eigenvalue weighted by Gasteiger charge is 2.24. The Hall–Kier alpha value is -2.84. The summed E-state index contributed by atoms with van der Waals surface area (Å²) in [4.78, 5) is 28.0. The first kappa shape index (κ1) is 19.9. The molecule has 2 aromatic rings. The summed E-state index contributed by atoms with van der Waals surface area (Å²) in [5.74, 6) is -0.629. The Morgan fingerprint density at radius 2 is 2.04 bits per heavy atom. The molecule has 0 atom stereocenters. The molecule has 1 amide bonds. The van der Waals surface area contributed by atoms with Crippen molar-refractivity contribution >= 4 is 56.5 Å². The largest absolute Gasteiger partial charge is 0.489 e. The lowest BCUT2D eigenvalue weighted by atomic mass is 10.2. The molecule has 28 heavy (non-hydrogen) atoms. The van der Waals surface area contributed by atoms with E-state index in [0.717, 1.165) is 10.0 Å². The highest BCUT2D eigenvalue weighted by atomic mass is 79.9. The van der Waals surface area contributed by atoms with Gasteiger partial charge in [0.25, 0.3) is 5.91 Å². The number of amidine groups is 1. The lowest BCUT2D eigenvalue weighted by molar-refractivity contribution is -0.115. The van der Waals surface area contributed by atoms with E-state index in [-0.39, 0.29) is 11.5 Å². The van der Waals surface area contributed by atoms with Crippen molar-refractivity contribution in [3.63, 3.8) is 0 Å². The van der Waals surface area contributed by atoms with Crippen molar-refractivity contribution in [3.05, 3.63) is 75.6 Å². The number of carbonyl (C=O) groups is 2.